The van der Waals surface area contributed by atoms with E-state index in [0.717, 1.165) is 16.9 Å². The van der Waals surface area contributed by atoms with E-state index in [-0.39, 0.29) is 0 Å². The molecule has 0 radical (unpaired) electrons. The van der Waals surface area contributed by atoms with Crippen molar-refractivity contribution in [2.75, 3.05) is 16.8 Å². The molecule has 0 aliphatic carbocycles. The number of benzene rings is 2. The Morgan fingerprint density at radius 2 is 1.77 bits per heavy atom. The van der Waals surface area contributed by atoms with Gasteiger partial charge >= 0.3 is 0 Å². The Hall–Kier alpha value is -3.39. The highest BCUT2D eigenvalue weighted by Crippen LogP contribution is 2.31. The van der Waals surface area contributed by atoms with Crippen LogP contribution in [0.4, 0.5) is 22.7 Å². The third-order valence-electron chi connectivity index (χ3n) is 4.41. The molecule has 0 saturated heterocycles. The van der Waals surface area contributed by atoms with E-state index in [1.807, 2.05) is 49.1 Å². The lowest BCUT2D eigenvalue weighted by Crippen LogP contribution is -2.40. The average Bonchev–Trinajstić information content (AvgIpc) is 2.70. The van der Waals surface area contributed by atoms with E-state index in [9.17, 15) is 9.59 Å². The normalized spacial score (nSPS) is 10.5. The summed E-state index contributed by atoms with van der Waals surface area (Å²) >= 11 is 0. The largest absolute Gasteiger partial charge is 0.350 e. The Bertz CT molecular complexity index is 1040. The van der Waals surface area contributed by atoms with Crippen molar-refractivity contribution in [1.29, 1.82) is 5.26 Å². The van der Waals surface area contributed by atoms with Crippen molar-refractivity contribution < 1.29 is 0 Å². The lowest BCUT2D eigenvalue weighted by molar-refractivity contribution is 1.01. The van der Waals surface area contributed by atoms with Gasteiger partial charge in [-0.25, -0.2) is 0 Å². The summed E-state index contributed by atoms with van der Waals surface area (Å²) in [4.78, 5) is 26.3. The quantitative estimate of drug-likeness (QED) is 0.691. The molecule has 0 aliphatic rings. The zero-order chi connectivity index (χ0) is 18.7. The molecule has 0 bridgehead atoms. The third kappa shape index (κ3) is 2.98. The minimum atomic E-state index is -0.513. The molecule has 3 aromatic carbocycles. The van der Waals surface area contributed by atoms with E-state index >= 15 is 0 Å². The smallest absolute Gasteiger partial charge is 0.253 e. The summed E-state index contributed by atoms with van der Waals surface area (Å²) in [6.45, 7) is 4.48. The molecule has 5 nitrogen and oxygen atoms in total. The maximum Gasteiger partial charge on any atom is 0.253 e. The topological polar surface area (TPSA) is 73.2 Å². The minimum absolute atomic E-state index is 0.306. The zero-order valence-electron chi connectivity index (χ0n) is 14.7. The van der Waals surface area contributed by atoms with Crippen molar-refractivity contribution in [2.24, 2.45) is 0 Å². The second kappa shape index (κ2) is 7.24. The maximum atomic E-state index is 12.3. The number of nitrogens with one attached hydrogen (secondary N) is 1. The van der Waals surface area contributed by atoms with Crippen LogP contribution in [0.25, 0.3) is 0 Å². The molecular weight excluding hydrogens is 326 g/mol. The Labute approximate surface area is 151 Å². The van der Waals surface area contributed by atoms with Gasteiger partial charge < -0.3 is 10.2 Å². The molecule has 0 unspecified atom stereocenters. The molecule has 0 atom stereocenters. The Morgan fingerprint density at radius 3 is 2.38 bits per heavy atom. The summed E-state index contributed by atoms with van der Waals surface area (Å²) in [6.07, 6.45) is 0.707. The number of nitrogens with zero attached hydrogens (tertiary/aromatic N) is 2. The van der Waals surface area contributed by atoms with Crippen molar-refractivity contribution in [3.8, 4) is 6.07 Å². The molecule has 3 aromatic rings. The van der Waals surface area contributed by atoms with Crippen molar-refractivity contribution in [1.82, 2.24) is 0 Å². The molecular formula is C21H19N3O2. The van der Waals surface area contributed by atoms with Crippen molar-refractivity contribution in [3.63, 3.8) is 0 Å². The fourth-order valence-corrected chi connectivity index (χ4v) is 3.04. The van der Waals surface area contributed by atoms with Gasteiger partial charge in [0.25, 0.3) is 10.9 Å². The number of para-hydroxylation sites is 1. The molecule has 0 spiro atoms. The van der Waals surface area contributed by atoms with Crippen LogP contribution in [0.15, 0.2) is 58.1 Å². The highest BCUT2D eigenvalue weighted by molar-refractivity contribution is 5.84. The highest BCUT2D eigenvalue weighted by atomic mass is 16.2. The van der Waals surface area contributed by atoms with Gasteiger partial charge in [-0.3, -0.25) is 9.59 Å². The van der Waals surface area contributed by atoms with E-state index < -0.39 is 10.9 Å². The van der Waals surface area contributed by atoms with Gasteiger partial charge in [-0.05, 0) is 49.2 Å². The number of nitriles is 1. The fourth-order valence-electron chi connectivity index (χ4n) is 3.04. The second-order valence-corrected chi connectivity index (χ2v) is 5.92. The van der Waals surface area contributed by atoms with Crippen molar-refractivity contribution >= 4 is 22.7 Å². The molecule has 3 rings (SSSR count). The first-order valence-electron chi connectivity index (χ1n) is 8.56. The number of aryl methyl sites for hydroxylation is 1. The van der Waals surface area contributed by atoms with Gasteiger partial charge in [0.1, 0.15) is 11.4 Å². The molecule has 0 fully saturated rings. The lowest BCUT2D eigenvalue weighted by Gasteiger charge is -2.27. The second-order valence-electron chi connectivity index (χ2n) is 5.92. The Balaban J connectivity index is 2.02. The van der Waals surface area contributed by atoms with Gasteiger partial charge in [0.05, 0.1) is 11.6 Å². The van der Waals surface area contributed by atoms with Gasteiger partial charge in [-0.2, -0.15) is 5.26 Å². The maximum absolute atomic E-state index is 12.3. The van der Waals surface area contributed by atoms with E-state index in [4.69, 9.17) is 5.26 Å². The first kappa shape index (κ1) is 17.4. The molecule has 0 aromatic heterocycles. The summed E-state index contributed by atoms with van der Waals surface area (Å²) in [7, 11) is 0. The van der Waals surface area contributed by atoms with Gasteiger partial charge in [0.15, 0.2) is 0 Å². The summed E-state index contributed by atoms with van der Waals surface area (Å²) in [5, 5.41) is 12.2. The minimum Gasteiger partial charge on any atom is -0.350 e. The summed E-state index contributed by atoms with van der Waals surface area (Å²) < 4.78 is 0. The van der Waals surface area contributed by atoms with E-state index in [2.05, 4.69) is 11.4 Å². The lowest BCUT2D eigenvalue weighted by atomic mass is 10.1. The van der Waals surface area contributed by atoms with E-state index in [1.165, 1.54) is 0 Å². The first-order valence-corrected chi connectivity index (χ1v) is 8.56. The van der Waals surface area contributed by atoms with E-state index in [1.54, 1.807) is 18.2 Å². The first-order chi connectivity index (χ1) is 12.6. The molecule has 26 heavy (non-hydrogen) atoms. The fraction of sp³-hybridized carbons (Fsp3) is 0.190. The summed E-state index contributed by atoms with van der Waals surface area (Å²) in [6, 6.07) is 16.9. The van der Waals surface area contributed by atoms with E-state index in [0.29, 0.717) is 29.9 Å². The van der Waals surface area contributed by atoms with Crippen LogP contribution in [0.2, 0.25) is 0 Å². The van der Waals surface area contributed by atoms with Crippen LogP contribution in [0.3, 0.4) is 0 Å². The van der Waals surface area contributed by atoms with Crippen LogP contribution in [-0.2, 0) is 6.42 Å². The predicted octanol–water partition coefficient (Wildman–Crippen LogP) is 3.62. The van der Waals surface area contributed by atoms with Crippen molar-refractivity contribution in [3.05, 3.63) is 80.1 Å². The number of anilines is 4. The van der Waals surface area contributed by atoms with Gasteiger partial charge in [-0.15, -0.1) is 0 Å². The number of hydrogen-bond acceptors (Lipinski definition) is 5. The molecule has 5 heteroatoms. The van der Waals surface area contributed by atoms with Crippen LogP contribution >= 0.6 is 0 Å². The van der Waals surface area contributed by atoms with Crippen LogP contribution in [0, 0.1) is 11.3 Å². The van der Waals surface area contributed by atoms with Crippen molar-refractivity contribution in [2.45, 2.75) is 20.3 Å². The standard InChI is InChI=1S/C21H19N3O2/c1-3-15-12-14(13-22)10-11-17(15)23-18-19(21(26)20(18)25)24(4-2)16-8-6-5-7-9-16/h5-12,23H,3-4H2,1-2H3. The summed E-state index contributed by atoms with van der Waals surface area (Å²) in [5.41, 5.74) is 2.79. The number of hydrogen-bond donors (Lipinski definition) is 1. The SMILES string of the molecule is CCc1cc(C#N)ccc1Nc1c(N(CC)c2ccccc2)c(=O)c1=O. The molecule has 0 amide bonds. The Kier molecular flexibility index (Phi) is 4.85. The van der Waals surface area contributed by atoms with Crippen LogP contribution in [0.1, 0.15) is 25.0 Å². The third-order valence-corrected chi connectivity index (χ3v) is 4.41. The van der Waals surface area contributed by atoms with Gasteiger partial charge in [0.2, 0.25) is 0 Å². The Morgan fingerprint density at radius 1 is 1.04 bits per heavy atom. The summed E-state index contributed by atoms with van der Waals surface area (Å²) in [5.74, 6) is 0. The molecule has 0 saturated carbocycles. The molecule has 0 heterocycles. The predicted molar refractivity (Wildman–Crippen MR) is 104 cm³/mol. The highest BCUT2D eigenvalue weighted by Gasteiger charge is 2.26. The monoisotopic (exact) mass is 345 g/mol. The average molecular weight is 345 g/mol. The van der Waals surface area contributed by atoms with Crippen LogP contribution < -0.4 is 21.1 Å². The van der Waals surface area contributed by atoms with Gasteiger partial charge in [-0.1, -0.05) is 25.1 Å². The van der Waals surface area contributed by atoms with Crippen LogP contribution in [-0.4, -0.2) is 6.54 Å². The molecule has 130 valence electrons. The zero-order valence-corrected chi connectivity index (χ0v) is 14.7. The number of rotatable bonds is 6. The molecule has 0 aliphatic heterocycles. The van der Waals surface area contributed by atoms with Gasteiger partial charge in [0, 0.05) is 17.9 Å². The molecule has 1 N–H and O–H groups in total. The van der Waals surface area contributed by atoms with Crippen LogP contribution in [0.5, 0.6) is 0 Å².